The summed E-state index contributed by atoms with van der Waals surface area (Å²) >= 11 is 0. The van der Waals surface area contributed by atoms with Gasteiger partial charge in [0.1, 0.15) is 12.4 Å². The second-order valence-corrected chi connectivity index (χ2v) is 8.86. The highest BCUT2D eigenvalue weighted by molar-refractivity contribution is 7.92. The molecule has 0 unspecified atom stereocenters. The Morgan fingerprint density at radius 3 is 2.40 bits per heavy atom. The van der Waals surface area contributed by atoms with Crippen molar-refractivity contribution in [1.82, 2.24) is 0 Å². The number of hydrogen-bond acceptors (Lipinski definition) is 4. The maximum Gasteiger partial charge on any atom is 0.158 e. The van der Waals surface area contributed by atoms with Crippen LogP contribution in [0.2, 0.25) is 0 Å². The number of aliphatic hydroxyl groups is 1. The second-order valence-electron chi connectivity index (χ2n) is 6.00. The first-order valence-corrected chi connectivity index (χ1v) is 8.33. The molecule has 1 N–H and O–H groups in total. The number of ether oxygens (including phenoxy) is 1. The number of hydrogen-bond donors (Lipinski definition) is 1. The predicted molar refractivity (Wildman–Crippen MR) is 80.8 cm³/mol. The monoisotopic (exact) mass is 300 g/mol. The molecule has 0 heterocycles. The van der Waals surface area contributed by atoms with Crippen LogP contribution in [-0.2, 0) is 9.84 Å². The van der Waals surface area contributed by atoms with Gasteiger partial charge in [0, 0.05) is 5.56 Å². The zero-order chi connectivity index (χ0) is 15.6. The van der Waals surface area contributed by atoms with E-state index in [1.54, 1.807) is 33.8 Å². The van der Waals surface area contributed by atoms with E-state index in [1.807, 2.05) is 19.1 Å². The molecule has 0 aliphatic heterocycles. The lowest BCUT2D eigenvalue weighted by molar-refractivity contribution is 0.192. The van der Waals surface area contributed by atoms with Gasteiger partial charge in [-0.3, -0.25) is 0 Å². The van der Waals surface area contributed by atoms with Gasteiger partial charge in [-0.25, -0.2) is 8.42 Å². The topological polar surface area (TPSA) is 63.6 Å². The van der Waals surface area contributed by atoms with E-state index >= 15 is 0 Å². The predicted octanol–water partition coefficient (Wildman–Crippen LogP) is 2.64. The molecular formula is C15H24O4S. The molecule has 1 aromatic carbocycles. The van der Waals surface area contributed by atoms with Crippen LogP contribution in [0.3, 0.4) is 0 Å². The maximum absolute atomic E-state index is 12.0. The summed E-state index contributed by atoms with van der Waals surface area (Å²) in [7, 11) is -3.20. The van der Waals surface area contributed by atoms with E-state index in [4.69, 9.17) is 4.74 Å². The summed E-state index contributed by atoms with van der Waals surface area (Å²) in [6.07, 6.45) is -0.648. The normalized spacial score (nSPS) is 14.1. The SMILES string of the molecule is Cc1ccc([C@H](C)O)c(OCCS(=O)(=O)C(C)(C)C)c1. The minimum absolute atomic E-state index is 0.0380. The second kappa shape index (κ2) is 6.14. The molecular weight excluding hydrogens is 276 g/mol. The van der Waals surface area contributed by atoms with Crippen molar-refractivity contribution in [3.8, 4) is 5.75 Å². The van der Waals surface area contributed by atoms with Crippen LogP contribution in [0.15, 0.2) is 18.2 Å². The molecule has 0 fully saturated rings. The van der Waals surface area contributed by atoms with Gasteiger partial charge in [-0.1, -0.05) is 12.1 Å². The zero-order valence-electron chi connectivity index (χ0n) is 12.8. The molecule has 0 aliphatic carbocycles. The third-order valence-electron chi connectivity index (χ3n) is 3.16. The van der Waals surface area contributed by atoms with Gasteiger partial charge < -0.3 is 9.84 Å². The Kier molecular flexibility index (Phi) is 5.21. The van der Waals surface area contributed by atoms with Gasteiger partial charge in [0.05, 0.1) is 16.6 Å². The highest BCUT2D eigenvalue weighted by Crippen LogP contribution is 2.26. The Bertz CT molecular complexity index is 554. The summed E-state index contributed by atoms with van der Waals surface area (Å²) in [6.45, 7) is 8.69. The minimum Gasteiger partial charge on any atom is -0.492 e. The molecule has 1 aromatic rings. The molecule has 1 rings (SSSR count). The summed E-state index contributed by atoms with van der Waals surface area (Å²) < 4.78 is 28.8. The third-order valence-corrected chi connectivity index (χ3v) is 5.73. The maximum atomic E-state index is 12.0. The fourth-order valence-electron chi connectivity index (χ4n) is 1.68. The summed E-state index contributed by atoms with van der Waals surface area (Å²) in [4.78, 5) is 0. The van der Waals surface area contributed by atoms with E-state index in [9.17, 15) is 13.5 Å². The van der Waals surface area contributed by atoms with E-state index < -0.39 is 20.7 Å². The van der Waals surface area contributed by atoms with E-state index in [1.165, 1.54) is 0 Å². The lowest BCUT2D eigenvalue weighted by atomic mass is 10.1. The van der Waals surface area contributed by atoms with Crippen LogP contribution < -0.4 is 4.74 Å². The van der Waals surface area contributed by atoms with Crippen molar-refractivity contribution in [1.29, 1.82) is 0 Å². The molecule has 0 amide bonds. The van der Waals surface area contributed by atoms with Crippen molar-refractivity contribution in [2.45, 2.75) is 45.5 Å². The molecule has 114 valence electrons. The molecule has 0 radical (unpaired) electrons. The number of sulfone groups is 1. The molecule has 0 aliphatic rings. The van der Waals surface area contributed by atoms with Crippen molar-refractivity contribution in [2.75, 3.05) is 12.4 Å². The Morgan fingerprint density at radius 2 is 1.90 bits per heavy atom. The van der Waals surface area contributed by atoms with Gasteiger partial charge in [0.15, 0.2) is 9.84 Å². The van der Waals surface area contributed by atoms with Crippen molar-refractivity contribution >= 4 is 9.84 Å². The van der Waals surface area contributed by atoms with Crippen molar-refractivity contribution < 1.29 is 18.3 Å². The highest BCUT2D eigenvalue weighted by atomic mass is 32.2. The molecule has 1 atom stereocenters. The lowest BCUT2D eigenvalue weighted by Crippen LogP contribution is -2.32. The Hall–Kier alpha value is -1.07. The Labute approximate surface area is 121 Å². The fraction of sp³-hybridized carbons (Fsp3) is 0.600. The van der Waals surface area contributed by atoms with Crippen LogP contribution in [0.5, 0.6) is 5.75 Å². The van der Waals surface area contributed by atoms with E-state index in [0.717, 1.165) is 5.56 Å². The molecule has 4 nitrogen and oxygen atoms in total. The quantitative estimate of drug-likeness (QED) is 0.908. The van der Waals surface area contributed by atoms with Crippen LogP contribution in [0.4, 0.5) is 0 Å². The largest absolute Gasteiger partial charge is 0.492 e. The summed E-state index contributed by atoms with van der Waals surface area (Å²) in [5.41, 5.74) is 1.67. The first-order valence-electron chi connectivity index (χ1n) is 6.68. The number of rotatable bonds is 5. The first kappa shape index (κ1) is 17.0. The fourth-order valence-corrected chi connectivity index (χ4v) is 2.59. The molecule has 20 heavy (non-hydrogen) atoms. The van der Waals surface area contributed by atoms with Crippen molar-refractivity contribution in [2.24, 2.45) is 0 Å². The smallest absolute Gasteiger partial charge is 0.158 e. The third kappa shape index (κ3) is 4.21. The van der Waals surface area contributed by atoms with Gasteiger partial charge in [-0.05, 0) is 46.2 Å². The highest BCUT2D eigenvalue weighted by Gasteiger charge is 2.28. The average molecular weight is 300 g/mol. The summed E-state index contributed by atoms with van der Waals surface area (Å²) in [6, 6.07) is 5.50. The lowest BCUT2D eigenvalue weighted by Gasteiger charge is -2.20. The van der Waals surface area contributed by atoms with Crippen molar-refractivity contribution in [3.63, 3.8) is 0 Å². The van der Waals surface area contributed by atoms with Crippen LogP contribution in [0, 0.1) is 6.92 Å². The number of aryl methyl sites for hydroxylation is 1. The number of aliphatic hydroxyl groups excluding tert-OH is 1. The van der Waals surface area contributed by atoms with Gasteiger partial charge >= 0.3 is 0 Å². The van der Waals surface area contributed by atoms with Crippen LogP contribution in [-0.4, -0.2) is 30.6 Å². The molecule has 0 saturated carbocycles. The average Bonchev–Trinajstić information content (AvgIpc) is 2.26. The van der Waals surface area contributed by atoms with Gasteiger partial charge in [-0.15, -0.1) is 0 Å². The molecule has 0 aromatic heterocycles. The van der Waals surface area contributed by atoms with E-state index in [-0.39, 0.29) is 12.4 Å². The van der Waals surface area contributed by atoms with Gasteiger partial charge in [-0.2, -0.15) is 0 Å². The van der Waals surface area contributed by atoms with Crippen molar-refractivity contribution in [3.05, 3.63) is 29.3 Å². The summed E-state index contributed by atoms with van der Waals surface area (Å²) in [5.74, 6) is 0.507. The van der Waals surface area contributed by atoms with Crippen LogP contribution in [0.1, 0.15) is 44.9 Å². The standard InChI is InChI=1S/C15H24O4S/c1-11-6-7-13(12(2)16)14(10-11)19-8-9-20(17,18)15(3,4)5/h6-7,10,12,16H,8-9H2,1-5H3/t12-/m0/s1. The molecule has 5 heteroatoms. The van der Waals surface area contributed by atoms with Gasteiger partial charge in [0.2, 0.25) is 0 Å². The van der Waals surface area contributed by atoms with Crippen LogP contribution >= 0.6 is 0 Å². The molecule has 0 saturated heterocycles. The molecule has 0 bridgehead atoms. The van der Waals surface area contributed by atoms with Crippen LogP contribution in [0.25, 0.3) is 0 Å². The van der Waals surface area contributed by atoms with E-state index in [0.29, 0.717) is 11.3 Å². The van der Waals surface area contributed by atoms with Gasteiger partial charge in [0.25, 0.3) is 0 Å². The first-order chi connectivity index (χ1) is 9.04. The van der Waals surface area contributed by atoms with E-state index in [2.05, 4.69) is 0 Å². The molecule has 0 spiro atoms. The zero-order valence-corrected chi connectivity index (χ0v) is 13.6. The summed E-state index contributed by atoms with van der Waals surface area (Å²) in [5, 5.41) is 9.69. The Balaban J connectivity index is 2.79. The number of benzene rings is 1. The minimum atomic E-state index is -3.20. The Morgan fingerprint density at radius 1 is 1.30 bits per heavy atom.